The molecule has 5 nitrogen and oxygen atoms in total. The van der Waals surface area contributed by atoms with E-state index in [1.54, 1.807) is 0 Å². The van der Waals surface area contributed by atoms with Gasteiger partial charge in [0.1, 0.15) is 0 Å². The number of hydrogen-bond donors (Lipinski definition) is 2. The van der Waals surface area contributed by atoms with Gasteiger partial charge in [-0.1, -0.05) is 12.1 Å². The Bertz CT molecular complexity index is 761. The second-order valence-corrected chi connectivity index (χ2v) is 7.08. The number of aromatic amines is 1. The number of carbonyl (C=O) groups is 1. The number of nitrogens with zero attached hydrogens (tertiary/aromatic N) is 1. The van der Waals surface area contributed by atoms with Crippen molar-refractivity contribution < 1.29 is 9.53 Å². The molecule has 140 valence electrons. The number of aryl methyl sites for hydroxylation is 3. The summed E-state index contributed by atoms with van der Waals surface area (Å²) in [5.41, 5.74) is 6.26. The van der Waals surface area contributed by atoms with Crippen LogP contribution >= 0.6 is 0 Å². The van der Waals surface area contributed by atoms with Gasteiger partial charge in [0, 0.05) is 31.0 Å². The van der Waals surface area contributed by atoms with E-state index in [4.69, 9.17) is 4.74 Å². The summed E-state index contributed by atoms with van der Waals surface area (Å²) in [4.78, 5) is 18.2. The Kier molecular flexibility index (Phi) is 6.12. The lowest BCUT2D eigenvalue weighted by molar-refractivity contribution is 0.0374. The number of ether oxygens (including phenoxy) is 1. The van der Waals surface area contributed by atoms with Crippen LogP contribution < -0.4 is 5.32 Å². The number of amides is 1. The number of aromatic nitrogens is 1. The molecular formula is C21H29N3O2. The number of carbonyl (C=O) groups excluding carboxylic acids is 1. The quantitative estimate of drug-likeness (QED) is 0.783. The monoisotopic (exact) mass is 355 g/mol. The Hall–Kier alpha value is -2.11. The minimum absolute atomic E-state index is 0.00388. The van der Waals surface area contributed by atoms with Crippen LogP contribution in [0, 0.1) is 20.8 Å². The van der Waals surface area contributed by atoms with E-state index in [9.17, 15) is 4.79 Å². The first-order valence-electron chi connectivity index (χ1n) is 9.40. The molecule has 0 spiro atoms. The van der Waals surface area contributed by atoms with Gasteiger partial charge in [0.25, 0.3) is 5.91 Å². The zero-order valence-corrected chi connectivity index (χ0v) is 16.0. The van der Waals surface area contributed by atoms with Gasteiger partial charge < -0.3 is 15.0 Å². The first-order valence-corrected chi connectivity index (χ1v) is 9.40. The number of morpholine rings is 1. The van der Waals surface area contributed by atoms with Gasteiger partial charge in [-0.25, -0.2) is 0 Å². The van der Waals surface area contributed by atoms with Gasteiger partial charge >= 0.3 is 0 Å². The highest BCUT2D eigenvalue weighted by atomic mass is 16.5. The summed E-state index contributed by atoms with van der Waals surface area (Å²) < 4.78 is 5.35. The number of hydrogen-bond acceptors (Lipinski definition) is 3. The summed E-state index contributed by atoms with van der Waals surface area (Å²) in [5, 5.41) is 3.05. The Morgan fingerprint density at radius 2 is 1.92 bits per heavy atom. The van der Waals surface area contributed by atoms with Crippen LogP contribution in [0.1, 0.15) is 33.6 Å². The molecule has 0 unspecified atom stereocenters. The van der Waals surface area contributed by atoms with Gasteiger partial charge in [-0.3, -0.25) is 9.69 Å². The average molecular weight is 355 g/mol. The van der Waals surface area contributed by atoms with E-state index in [0.717, 1.165) is 61.8 Å². The number of H-pyrrole nitrogens is 1. The fourth-order valence-corrected chi connectivity index (χ4v) is 3.28. The number of benzene rings is 1. The molecule has 2 heterocycles. The maximum Gasteiger partial charge on any atom is 0.253 e. The largest absolute Gasteiger partial charge is 0.379 e. The van der Waals surface area contributed by atoms with E-state index in [2.05, 4.69) is 47.2 Å². The zero-order chi connectivity index (χ0) is 18.5. The van der Waals surface area contributed by atoms with Crippen LogP contribution in [-0.2, 0) is 4.74 Å². The van der Waals surface area contributed by atoms with Gasteiger partial charge in [0.15, 0.2) is 0 Å². The van der Waals surface area contributed by atoms with Gasteiger partial charge in [-0.2, -0.15) is 0 Å². The minimum Gasteiger partial charge on any atom is -0.379 e. The van der Waals surface area contributed by atoms with Gasteiger partial charge in [-0.05, 0) is 62.6 Å². The molecule has 1 aromatic heterocycles. The zero-order valence-electron chi connectivity index (χ0n) is 16.0. The minimum atomic E-state index is -0.00388. The smallest absolute Gasteiger partial charge is 0.253 e. The fraction of sp³-hybridized carbons (Fsp3) is 0.476. The molecular weight excluding hydrogens is 326 g/mol. The van der Waals surface area contributed by atoms with Crippen molar-refractivity contribution in [2.24, 2.45) is 0 Å². The van der Waals surface area contributed by atoms with Crippen molar-refractivity contribution in [3.05, 3.63) is 46.6 Å². The van der Waals surface area contributed by atoms with Gasteiger partial charge in [0.05, 0.1) is 18.8 Å². The fourth-order valence-electron chi connectivity index (χ4n) is 3.28. The molecule has 0 atom stereocenters. The van der Waals surface area contributed by atoms with Crippen molar-refractivity contribution in [3.8, 4) is 11.3 Å². The van der Waals surface area contributed by atoms with E-state index >= 15 is 0 Å². The van der Waals surface area contributed by atoms with Crippen LogP contribution in [0.25, 0.3) is 11.3 Å². The Labute approximate surface area is 155 Å². The molecule has 0 saturated carbocycles. The van der Waals surface area contributed by atoms with Crippen molar-refractivity contribution in [1.29, 1.82) is 0 Å². The summed E-state index contributed by atoms with van der Waals surface area (Å²) in [5.74, 6) is -0.00388. The molecule has 5 heteroatoms. The first-order chi connectivity index (χ1) is 12.5. The Morgan fingerprint density at radius 1 is 1.15 bits per heavy atom. The van der Waals surface area contributed by atoms with Crippen molar-refractivity contribution in [2.45, 2.75) is 27.2 Å². The molecule has 1 amide bonds. The SMILES string of the molecule is Cc1ccc(-c2cc(C(=O)NCCCN3CCOCC3)c(C)[nH]2)cc1C. The van der Waals surface area contributed by atoms with Crippen molar-refractivity contribution in [1.82, 2.24) is 15.2 Å². The predicted molar refractivity (Wildman–Crippen MR) is 105 cm³/mol. The van der Waals surface area contributed by atoms with E-state index in [1.807, 2.05) is 13.0 Å². The lowest BCUT2D eigenvalue weighted by Gasteiger charge is -2.26. The topological polar surface area (TPSA) is 57.4 Å². The molecule has 2 N–H and O–H groups in total. The first kappa shape index (κ1) is 18.7. The number of rotatable bonds is 6. The van der Waals surface area contributed by atoms with Crippen LogP contribution in [-0.4, -0.2) is 55.2 Å². The Morgan fingerprint density at radius 3 is 2.65 bits per heavy atom. The maximum atomic E-state index is 12.5. The third-order valence-electron chi connectivity index (χ3n) is 5.12. The van der Waals surface area contributed by atoms with E-state index in [0.29, 0.717) is 6.54 Å². The van der Waals surface area contributed by atoms with Crippen LogP contribution in [0.4, 0.5) is 0 Å². The molecule has 1 saturated heterocycles. The van der Waals surface area contributed by atoms with E-state index in [1.165, 1.54) is 11.1 Å². The van der Waals surface area contributed by atoms with Crippen LogP contribution in [0.2, 0.25) is 0 Å². The molecule has 0 radical (unpaired) electrons. The molecule has 0 bridgehead atoms. The van der Waals surface area contributed by atoms with Gasteiger partial charge in [0.2, 0.25) is 0 Å². The molecule has 1 aromatic carbocycles. The lowest BCUT2D eigenvalue weighted by atomic mass is 10.0. The highest BCUT2D eigenvalue weighted by Gasteiger charge is 2.14. The van der Waals surface area contributed by atoms with Crippen molar-refractivity contribution >= 4 is 5.91 Å². The average Bonchev–Trinajstić information content (AvgIpc) is 3.03. The van der Waals surface area contributed by atoms with Crippen LogP contribution in [0.15, 0.2) is 24.3 Å². The Balaban J connectivity index is 1.55. The lowest BCUT2D eigenvalue weighted by Crippen LogP contribution is -2.38. The summed E-state index contributed by atoms with van der Waals surface area (Å²) in [6.45, 7) is 11.5. The van der Waals surface area contributed by atoms with E-state index in [-0.39, 0.29) is 5.91 Å². The van der Waals surface area contributed by atoms with Crippen molar-refractivity contribution in [2.75, 3.05) is 39.4 Å². The second-order valence-electron chi connectivity index (χ2n) is 7.08. The maximum absolute atomic E-state index is 12.5. The molecule has 1 aliphatic rings. The third kappa shape index (κ3) is 4.54. The summed E-state index contributed by atoms with van der Waals surface area (Å²) in [7, 11) is 0. The normalized spacial score (nSPS) is 15.2. The molecule has 1 fully saturated rings. The highest BCUT2D eigenvalue weighted by molar-refractivity contribution is 5.96. The third-order valence-corrected chi connectivity index (χ3v) is 5.12. The molecule has 1 aliphatic heterocycles. The van der Waals surface area contributed by atoms with Crippen LogP contribution in [0.3, 0.4) is 0 Å². The standard InChI is InChI=1S/C21H29N3O2/c1-15-5-6-18(13-16(15)2)20-14-19(17(3)23-20)21(25)22-7-4-8-24-9-11-26-12-10-24/h5-6,13-14,23H,4,7-12H2,1-3H3,(H,22,25). The highest BCUT2D eigenvalue weighted by Crippen LogP contribution is 2.24. The summed E-state index contributed by atoms with van der Waals surface area (Å²) in [6.07, 6.45) is 0.958. The molecule has 2 aromatic rings. The molecule has 0 aliphatic carbocycles. The number of nitrogens with one attached hydrogen (secondary N) is 2. The van der Waals surface area contributed by atoms with Gasteiger partial charge in [-0.15, -0.1) is 0 Å². The van der Waals surface area contributed by atoms with Crippen molar-refractivity contribution in [3.63, 3.8) is 0 Å². The predicted octanol–water partition coefficient (Wildman–Crippen LogP) is 3.06. The van der Waals surface area contributed by atoms with Crippen LogP contribution in [0.5, 0.6) is 0 Å². The second kappa shape index (κ2) is 8.52. The summed E-state index contributed by atoms with van der Waals surface area (Å²) >= 11 is 0. The molecule has 26 heavy (non-hydrogen) atoms. The summed E-state index contributed by atoms with van der Waals surface area (Å²) in [6, 6.07) is 8.32. The molecule has 3 rings (SSSR count). The van der Waals surface area contributed by atoms with E-state index < -0.39 is 0 Å².